The third-order valence-corrected chi connectivity index (χ3v) is 4.83. The Balaban J connectivity index is 3.09. The molecule has 0 aliphatic heterocycles. The van der Waals surface area contributed by atoms with Gasteiger partial charge in [0.15, 0.2) is 0 Å². The number of rotatable bonds is 9. The Morgan fingerprint density at radius 2 is 2.00 bits per heavy atom. The Morgan fingerprint density at radius 3 is 2.55 bits per heavy atom. The van der Waals surface area contributed by atoms with Gasteiger partial charge in [0, 0.05) is 18.3 Å². The van der Waals surface area contributed by atoms with Crippen LogP contribution in [-0.2, 0) is 10.0 Å². The van der Waals surface area contributed by atoms with Crippen LogP contribution in [-0.4, -0.2) is 32.1 Å². The van der Waals surface area contributed by atoms with Gasteiger partial charge in [0.25, 0.3) is 0 Å². The smallest absolute Gasteiger partial charge is 0.337 e. The number of hydrogen-bond donors (Lipinski definition) is 3. The number of aromatic carboxylic acids is 1. The lowest BCUT2D eigenvalue weighted by Crippen LogP contribution is -2.25. The largest absolute Gasteiger partial charge is 0.478 e. The number of sulfonamides is 1. The summed E-state index contributed by atoms with van der Waals surface area (Å²) in [5, 5.41) is 12.4. The van der Waals surface area contributed by atoms with E-state index in [1.165, 1.54) is 18.2 Å². The second kappa shape index (κ2) is 8.14. The first-order chi connectivity index (χ1) is 10.3. The molecule has 0 bridgehead atoms. The van der Waals surface area contributed by atoms with Crippen molar-refractivity contribution in [1.82, 2.24) is 4.72 Å². The van der Waals surface area contributed by atoms with E-state index in [2.05, 4.69) is 10.0 Å². The molecule has 0 aliphatic carbocycles. The number of anilines is 1. The van der Waals surface area contributed by atoms with Crippen molar-refractivity contribution >= 4 is 21.7 Å². The van der Waals surface area contributed by atoms with Crippen LogP contribution < -0.4 is 10.0 Å². The molecule has 6 nitrogen and oxygen atoms in total. The fraction of sp³-hybridized carbons (Fsp3) is 0.533. The number of carboxylic acids is 1. The summed E-state index contributed by atoms with van der Waals surface area (Å²) in [6, 6.07) is 4.22. The Hall–Kier alpha value is -1.60. The van der Waals surface area contributed by atoms with E-state index in [0.29, 0.717) is 12.2 Å². The number of hydrogen-bond acceptors (Lipinski definition) is 4. The Morgan fingerprint density at radius 1 is 1.32 bits per heavy atom. The van der Waals surface area contributed by atoms with E-state index in [-0.39, 0.29) is 16.5 Å². The lowest BCUT2D eigenvalue weighted by atomic mass is 10.1. The second-order valence-electron chi connectivity index (χ2n) is 5.22. The standard InChI is InChI=1S/C15H24N2O4S/c1-4-6-9-16-22(20,21)12-7-8-14(17-11(3)5-2)13(10-12)15(18)19/h7-8,10-11,16-17H,4-6,9H2,1-3H3,(H,18,19)/t11-/m0/s1. The van der Waals surface area contributed by atoms with E-state index in [4.69, 9.17) is 0 Å². The minimum absolute atomic E-state index is 0.0318. The molecule has 0 aliphatic rings. The number of unbranched alkanes of at least 4 members (excludes halogenated alkanes) is 1. The molecule has 0 radical (unpaired) electrons. The highest BCUT2D eigenvalue weighted by molar-refractivity contribution is 7.89. The normalized spacial score (nSPS) is 12.9. The lowest BCUT2D eigenvalue weighted by molar-refractivity contribution is 0.0697. The first-order valence-electron chi connectivity index (χ1n) is 7.45. The van der Waals surface area contributed by atoms with Crippen molar-refractivity contribution in [1.29, 1.82) is 0 Å². The van der Waals surface area contributed by atoms with Gasteiger partial charge in [-0.3, -0.25) is 0 Å². The van der Waals surface area contributed by atoms with Crippen molar-refractivity contribution < 1.29 is 18.3 Å². The van der Waals surface area contributed by atoms with Crippen molar-refractivity contribution in [2.45, 2.75) is 51.0 Å². The molecule has 0 aromatic heterocycles. The average molecular weight is 328 g/mol. The van der Waals surface area contributed by atoms with Crippen molar-refractivity contribution in [3.63, 3.8) is 0 Å². The monoisotopic (exact) mass is 328 g/mol. The molecule has 0 unspecified atom stereocenters. The first kappa shape index (κ1) is 18.4. The first-order valence-corrected chi connectivity index (χ1v) is 8.93. The number of carboxylic acid groups (broad SMARTS) is 1. The van der Waals surface area contributed by atoms with Crippen LogP contribution >= 0.6 is 0 Å². The van der Waals surface area contributed by atoms with Crippen LogP contribution in [0, 0.1) is 0 Å². The molecule has 1 rings (SSSR count). The SMILES string of the molecule is CCCCNS(=O)(=O)c1ccc(N[C@@H](C)CC)c(C(=O)O)c1. The van der Waals surface area contributed by atoms with E-state index in [9.17, 15) is 18.3 Å². The summed E-state index contributed by atoms with van der Waals surface area (Å²) in [5.74, 6) is -1.16. The molecule has 0 saturated heterocycles. The summed E-state index contributed by atoms with van der Waals surface area (Å²) >= 11 is 0. The molecule has 0 fully saturated rings. The van der Waals surface area contributed by atoms with Crippen LogP contribution in [0.15, 0.2) is 23.1 Å². The fourth-order valence-electron chi connectivity index (χ4n) is 1.83. The van der Waals surface area contributed by atoms with Crippen LogP contribution in [0.2, 0.25) is 0 Å². The van der Waals surface area contributed by atoms with E-state index < -0.39 is 16.0 Å². The third kappa shape index (κ3) is 4.99. The van der Waals surface area contributed by atoms with Crippen molar-refractivity contribution in [3.05, 3.63) is 23.8 Å². The van der Waals surface area contributed by atoms with Gasteiger partial charge in [0.2, 0.25) is 10.0 Å². The van der Waals surface area contributed by atoms with Crippen molar-refractivity contribution in [2.24, 2.45) is 0 Å². The third-order valence-electron chi connectivity index (χ3n) is 3.37. The highest BCUT2D eigenvalue weighted by Crippen LogP contribution is 2.22. The highest BCUT2D eigenvalue weighted by atomic mass is 32.2. The summed E-state index contributed by atoms with van der Waals surface area (Å²) in [7, 11) is -3.68. The molecule has 1 aromatic rings. The van der Waals surface area contributed by atoms with Gasteiger partial charge in [-0.05, 0) is 38.0 Å². The predicted octanol–water partition coefficient (Wildman–Crippen LogP) is 2.67. The summed E-state index contributed by atoms with van der Waals surface area (Å²) in [4.78, 5) is 11.3. The van der Waals surface area contributed by atoms with Gasteiger partial charge in [0.05, 0.1) is 10.5 Å². The molecule has 7 heteroatoms. The maximum atomic E-state index is 12.1. The molecule has 0 heterocycles. The van der Waals surface area contributed by atoms with Gasteiger partial charge in [-0.15, -0.1) is 0 Å². The van der Waals surface area contributed by atoms with Crippen LogP contribution in [0.1, 0.15) is 50.4 Å². The van der Waals surface area contributed by atoms with Gasteiger partial charge in [-0.1, -0.05) is 20.3 Å². The van der Waals surface area contributed by atoms with E-state index >= 15 is 0 Å². The molecule has 1 aromatic carbocycles. The highest BCUT2D eigenvalue weighted by Gasteiger charge is 2.19. The minimum atomic E-state index is -3.68. The van der Waals surface area contributed by atoms with E-state index in [1.807, 2.05) is 20.8 Å². The predicted molar refractivity (Wildman–Crippen MR) is 86.9 cm³/mol. The zero-order valence-corrected chi connectivity index (χ0v) is 14.0. The van der Waals surface area contributed by atoms with Gasteiger partial charge in [0.1, 0.15) is 0 Å². The zero-order chi connectivity index (χ0) is 16.8. The molecule has 124 valence electrons. The van der Waals surface area contributed by atoms with E-state index in [0.717, 1.165) is 19.3 Å². The zero-order valence-electron chi connectivity index (χ0n) is 13.2. The maximum Gasteiger partial charge on any atom is 0.337 e. The quantitative estimate of drug-likeness (QED) is 0.606. The average Bonchev–Trinajstić information content (AvgIpc) is 2.47. The molecular weight excluding hydrogens is 304 g/mol. The van der Waals surface area contributed by atoms with Gasteiger partial charge in [-0.2, -0.15) is 0 Å². The Labute approximate surface area is 132 Å². The lowest BCUT2D eigenvalue weighted by Gasteiger charge is -2.16. The number of nitrogens with one attached hydrogen (secondary N) is 2. The summed E-state index contributed by atoms with van der Waals surface area (Å²) in [5.41, 5.74) is 0.382. The molecule has 3 N–H and O–H groups in total. The topological polar surface area (TPSA) is 95.5 Å². The molecular formula is C15H24N2O4S. The molecule has 1 atom stereocenters. The summed E-state index contributed by atoms with van der Waals surface area (Å²) in [6.07, 6.45) is 2.44. The summed E-state index contributed by atoms with van der Waals surface area (Å²) < 4.78 is 26.8. The van der Waals surface area contributed by atoms with Crippen LogP contribution in [0.25, 0.3) is 0 Å². The Bertz CT molecular complexity index is 614. The molecule has 0 amide bonds. The van der Waals surface area contributed by atoms with Gasteiger partial charge in [-0.25, -0.2) is 17.9 Å². The van der Waals surface area contributed by atoms with Crippen molar-refractivity contribution in [2.75, 3.05) is 11.9 Å². The molecule has 22 heavy (non-hydrogen) atoms. The maximum absolute atomic E-state index is 12.1. The second-order valence-corrected chi connectivity index (χ2v) is 6.98. The van der Waals surface area contributed by atoms with Crippen LogP contribution in [0.4, 0.5) is 5.69 Å². The van der Waals surface area contributed by atoms with Crippen LogP contribution in [0.3, 0.4) is 0 Å². The number of carbonyl (C=O) groups is 1. The van der Waals surface area contributed by atoms with E-state index in [1.54, 1.807) is 0 Å². The van der Waals surface area contributed by atoms with Gasteiger partial charge < -0.3 is 10.4 Å². The van der Waals surface area contributed by atoms with Crippen LogP contribution in [0.5, 0.6) is 0 Å². The minimum Gasteiger partial charge on any atom is -0.478 e. The Kier molecular flexibility index (Phi) is 6.83. The molecule has 0 saturated carbocycles. The van der Waals surface area contributed by atoms with Gasteiger partial charge >= 0.3 is 5.97 Å². The summed E-state index contributed by atoms with van der Waals surface area (Å²) in [6.45, 7) is 6.22. The number of benzene rings is 1. The fourth-order valence-corrected chi connectivity index (χ4v) is 2.93. The van der Waals surface area contributed by atoms with Crippen molar-refractivity contribution in [3.8, 4) is 0 Å². The molecule has 0 spiro atoms.